The number of hydrogen-bond donors (Lipinski definition) is 3. The van der Waals surface area contributed by atoms with Crippen molar-refractivity contribution in [1.82, 2.24) is 10.2 Å². The molecular formula is C14H20N2O3. The van der Waals surface area contributed by atoms with Gasteiger partial charge < -0.3 is 20.4 Å². The van der Waals surface area contributed by atoms with Crippen molar-refractivity contribution in [2.24, 2.45) is 0 Å². The fourth-order valence-electron chi connectivity index (χ4n) is 2.42. The summed E-state index contributed by atoms with van der Waals surface area (Å²) >= 11 is 0. The van der Waals surface area contributed by atoms with E-state index in [9.17, 15) is 4.79 Å². The number of nitrogens with one attached hydrogen (secondary N) is 1. The molecule has 5 nitrogen and oxygen atoms in total. The van der Waals surface area contributed by atoms with Gasteiger partial charge in [0.2, 0.25) is 5.91 Å². The van der Waals surface area contributed by atoms with E-state index >= 15 is 0 Å². The zero-order chi connectivity index (χ0) is 13.7. The number of carbonyl (C=O) groups excluding carboxylic acids is 1. The molecule has 3 N–H and O–H groups in total. The van der Waals surface area contributed by atoms with Gasteiger partial charge in [0.1, 0.15) is 0 Å². The Morgan fingerprint density at radius 3 is 2.47 bits per heavy atom. The fraction of sp³-hybridized carbons (Fsp3) is 0.500. The number of benzene rings is 1. The molecule has 1 aliphatic rings. The number of rotatable bonds is 5. The first kappa shape index (κ1) is 14.0. The Labute approximate surface area is 112 Å². The molecule has 0 aliphatic carbocycles. The summed E-state index contributed by atoms with van der Waals surface area (Å²) in [6, 6.07) is 7.80. The molecule has 0 radical (unpaired) electrons. The van der Waals surface area contributed by atoms with Crippen LogP contribution in [0.15, 0.2) is 24.3 Å². The SMILES string of the molecule is O=C([C@H]1Cc2ccccc2CN1)N(CCO)CCO. The topological polar surface area (TPSA) is 72.8 Å². The molecule has 1 aromatic rings. The smallest absolute Gasteiger partial charge is 0.240 e. The van der Waals surface area contributed by atoms with E-state index in [1.165, 1.54) is 16.0 Å². The van der Waals surface area contributed by atoms with Gasteiger partial charge in [-0.2, -0.15) is 0 Å². The van der Waals surface area contributed by atoms with Crippen molar-refractivity contribution < 1.29 is 15.0 Å². The maximum absolute atomic E-state index is 12.3. The van der Waals surface area contributed by atoms with E-state index in [0.717, 1.165) is 0 Å². The molecule has 0 saturated carbocycles. The monoisotopic (exact) mass is 264 g/mol. The van der Waals surface area contributed by atoms with E-state index in [0.29, 0.717) is 13.0 Å². The minimum absolute atomic E-state index is 0.0578. The number of nitrogens with zero attached hydrogens (tertiary/aromatic N) is 1. The molecular weight excluding hydrogens is 244 g/mol. The van der Waals surface area contributed by atoms with Crippen molar-refractivity contribution in [3.05, 3.63) is 35.4 Å². The Balaban J connectivity index is 2.04. The van der Waals surface area contributed by atoms with Gasteiger partial charge in [-0.25, -0.2) is 0 Å². The minimum Gasteiger partial charge on any atom is -0.395 e. The Bertz CT molecular complexity index is 430. The molecule has 2 rings (SSSR count). The molecule has 0 unspecified atom stereocenters. The largest absolute Gasteiger partial charge is 0.395 e. The average Bonchev–Trinajstić information content (AvgIpc) is 2.46. The zero-order valence-corrected chi connectivity index (χ0v) is 10.9. The molecule has 19 heavy (non-hydrogen) atoms. The molecule has 0 saturated heterocycles. The Hall–Kier alpha value is -1.43. The first-order valence-corrected chi connectivity index (χ1v) is 6.57. The molecule has 104 valence electrons. The number of aliphatic hydroxyl groups excluding tert-OH is 2. The van der Waals surface area contributed by atoms with E-state index in [1.54, 1.807) is 0 Å². The summed E-state index contributed by atoms with van der Waals surface area (Å²) in [7, 11) is 0. The van der Waals surface area contributed by atoms with Crippen molar-refractivity contribution in [3.8, 4) is 0 Å². The minimum atomic E-state index is -0.270. The fourth-order valence-corrected chi connectivity index (χ4v) is 2.42. The summed E-state index contributed by atoms with van der Waals surface area (Å²) in [5.41, 5.74) is 2.41. The third-order valence-corrected chi connectivity index (χ3v) is 3.43. The van der Waals surface area contributed by atoms with Crippen molar-refractivity contribution in [2.45, 2.75) is 19.0 Å². The molecule has 5 heteroatoms. The lowest BCUT2D eigenvalue weighted by atomic mass is 9.95. The van der Waals surface area contributed by atoms with Gasteiger partial charge in [0.05, 0.1) is 19.3 Å². The number of carbonyl (C=O) groups is 1. The Kier molecular flexibility index (Phi) is 4.90. The van der Waals surface area contributed by atoms with Gasteiger partial charge in [-0.05, 0) is 17.5 Å². The summed E-state index contributed by atoms with van der Waals surface area (Å²) in [5, 5.41) is 21.2. The van der Waals surface area contributed by atoms with Gasteiger partial charge in [0.25, 0.3) is 0 Å². The first-order valence-electron chi connectivity index (χ1n) is 6.57. The van der Waals surface area contributed by atoms with Crippen molar-refractivity contribution in [2.75, 3.05) is 26.3 Å². The quantitative estimate of drug-likeness (QED) is 0.671. The van der Waals surface area contributed by atoms with Crippen LogP contribution in [0.5, 0.6) is 0 Å². The first-order chi connectivity index (χ1) is 9.26. The van der Waals surface area contributed by atoms with E-state index in [2.05, 4.69) is 11.4 Å². The third kappa shape index (κ3) is 3.32. The van der Waals surface area contributed by atoms with Gasteiger partial charge in [0, 0.05) is 19.6 Å². The molecule has 0 bridgehead atoms. The molecule has 1 heterocycles. The summed E-state index contributed by atoms with van der Waals surface area (Å²) in [5.74, 6) is -0.0578. The van der Waals surface area contributed by atoms with Gasteiger partial charge >= 0.3 is 0 Å². The molecule has 1 aliphatic heterocycles. The van der Waals surface area contributed by atoms with E-state index in [4.69, 9.17) is 10.2 Å². The summed E-state index contributed by atoms with van der Waals surface area (Å²) < 4.78 is 0. The molecule has 0 aromatic heterocycles. The summed E-state index contributed by atoms with van der Waals surface area (Å²) in [4.78, 5) is 13.8. The molecule has 0 fully saturated rings. The van der Waals surface area contributed by atoms with Crippen LogP contribution in [0, 0.1) is 0 Å². The van der Waals surface area contributed by atoms with Crippen LogP contribution in [-0.2, 0) is 17.8 Å². The van der Waals surface area contributed by atoms with Gasteiger partial charge in [0.15, 0.2) is 0 Å². The molecule has 0 spiro atoms. The molecule has 1 atom stereocenters. The number of amides is 1. The van der Waals surface area contributed by atoms with E-state index in [1.807, 2.05) is 18.2 Å². The number of aliphatic hydroxyl groups is 2. The molecule has 1 amide bonds. The Morgan fingerprint density at radius 1 is 1.21 bits per heavy atom. The number of hydrogen-bond acceptors (Lipinski definition) is 4. The molecule has 1 aromatic carbocycles. The van der Waals surface area contributed by atoms with Gasteiger partial charge in [-0.1, -0.05) is 24.3 Å². The van der Waals surface area contributed by atoms with Gasteiger partial charge in [-0.3, -0.25) is 4.79 Å². The maximum atomic E-state index is 12.3. The van der Waals surface area contributed by atoms with Crippen LogP contribution in [-0.4, -0.2) is 53.4 Å². The summed E-state index contributed by atoms with van der Waals surface area (Å²) in [6.07, 6.45) is 0.655. The van der Waals surface area contributed by atoms with Crippen LogP contribution >= 0.6 is 0 Å². The highest BCUT2D eigenvalue weighted by molar-refractivity contribution is 5.82. The standard InChI is InChI=1S/C14H20N2O3/c17-7-5-16(6-8-18)14(19)13-9-11-3-1-2-4-12(11)10-15-13/h1-4,13,15,17-18H,5-10H2/t13-/m1/s1. The van der Waals surface area contributed by atoms with Crippen LogP contribution in [0.3, 0.4) is 0 Å². The zero-order valence-electron chi connectivity index (χ0n) is 10.9. The van der Waals surface area contributed by atoms with Crippen LogP contribution in [0.25, 0.3) is 0 Å². The van der Waals surface area contributed by atoms with Crippen LogP contribution in [0.2, 0.25) is 0 Å². The predicted octanol–water partition coefficient (Wildman–Crippen LogP) is -0.486. The lowest BCUT2D eigenvalue weighted by Crippen LogP contribution is -2.50. The highest BCUT2D eigenvalue weighted by Gasteiger charge is 2.27. The highest BCUT2D eigenvalue weighted by Crippen LogP contribution is 2.17. The lowest BCUT2D eigenvalue weighted by Gasteiger charge is -2.30. The van der Waals surface area contributed by atoms with Crippen LogP contribution < -0.4 is 5.32 Å². The van der Waals surface area contributed by atoms with Crippen molar-refractivity contribution >= 4 is 5.91 Å². The van der Waals surface area contributed by atoms with Crippen molar-refractivity contribution in [3.63, 3.8) is 0 Å². The third-order valence-electron chi connectivity index (χ3n) is 3.43. The number of fused-ring (bicyclic) bond motifs is 1. The predicted molar refractivity (Wildman–Crippen MR) is 71.5 cm³/mol. The Morgan fingerprint density at radius 2 is 1.84 bits per heavy atom. The average molecular weight is 264 g/mol. The van der Waals surface area contributed by atoms with Crippen LogP contribution in [0.4, 0.5) is 0 Å². The van der Waals surface area contributed by atoms with Crippen molar-refractivity contribution in [1.29, 1.82) is 0 Å². The van der Waals surface area contributed by atoms with E-state index in [-0.39, 0.29) is 38.3 Å². The highest BCUT2D eigenvalue weighted by atomic mass is 16.3. The lowest BCUT2D eigenvalue weighted by molar-refractivity contribution is -0.134. The second-order valence-corrected chi connectivity index (χ2v) is 4.68. The second kappa shape index (κ2) is 6.65. The van der Waals surface area contributed by atoms with E-state index < -0.39 is 0 Å². The normalized spacial score (nSPS) is 17.9. The van der Waals surface area contributed by atoms with Gasteiger partial charge in [-0.15, -0.1) is 0 Å². The summed E-state index contributed by atoms with van der Waals surface area (Å²) in [6.45, 7) is 1.03. The van der Waals surface area contributed by atoms with Crippen LogP contribution in [0.1, 0.15) is 11.1 Å². The second-order valence-electron chi connectivity index (χ2n) is 4.68. The maximum Gasteiger partial charge on any atom is 0.240 e.